The second-order valence-electron chi connectivity index (χ2n) is 4.29. The zero-order valence-electron chi connectivity index (χ0n) is 9.22. The summed E-state index contributed by atoms with van der Waals surface area (Å²) in [4.78, 5) is 35.2. The van der Waals surface area contributed by atoms with Gasteiger partial charge in [0.25, 0.3) is 11.8 Å². The zero-order valence-corrected chi connectivity index (χ0v) is 9.22. The van der Waals surface area contributed by atoms with Gasteiger partial charge >= 0.3 is 5.97 Å². The number of carboxylic acid groups (broad SMARTS) is 1. The third kappa shape index (κ3) is 2.08. The zero-order chi connectivity index (χ0) is 12.5. The van der Waals surface area contributed by atoms with Crippen LogP contribution in [0.1, 0.15) is 12.8 Å². The number of hydrogen-bond acceptors (Lipinski definition) is 4. The van der Waals surface area contributed by atoms with Crippen LogP contribution >= 0.6 is 0 Å². The van der Waals surface area contributed by atoms with Crippen molar-refractivity contribution in [3.8, 4) is 0 Å². The molecule has 0 saturated carbocycles. The first kappa shape index (κ1) is 11.8. The molecule has 6 heteroatoms. The van der Waals surface area contributed by atoms with Gasteiger partial charge in [-0.2, -0.15) is 0 Å². The molecule has 0 aromatic rings. The van der Waals surface area contributed by atoms with Crippen molar-refractivity contribution in [2.45, 2.75) is 12.8 Å². The molecule has 0 bridgehead atoms. The fraction of sp³-hybridized carbons (Fsp3) is 0.545. The van der Waals surface area contributed by atoms with Gasteiger partial charge in [0.2, 0.25) is 0 Å². The van der Waals surface area contributed by atoms with Gasteiger partial charge in [-0.05, 0) is 12.8 Å². The van der Waals surface area contributed by atoms with Crippen molar-refractivity contribution in [3.63, 3.8) is 0 Å². The van der Waals surface area contributed by atoms with E-state index in [1.165, 1.54) is 0 Å². The van der Waals surface area contributed by atoms with Crippen LogP contribution in [0.2, 0.25) is 0 Å². The Bertz CT molecular complexity index is 377. The normalized spacial score (nSPS) is 23.2. The van der Waals surface area contributed by atoms with E-state index in [9.17, 15) is 19.5 Å². The van der Waals surface area contributed by atoms with Crippen molar-refractivity contribution >= 4 is 17.8 Å². The monoisotopic (exact) mass is 239 g/mol. The number of imide groups is 1. The maximum atomic E-state index is 11.4. The summed E-state index contributed by atoms with van der Waals surface area (Å²) in [5.74, 6) is -1.86. The molecule has 92 valence electrons. The van der Waals surface area contributed by atoms with Gasteiger partial charge in [-0.25, -0.2) is 0 Å². The largest absolute Gasteiger partial charge is 0.481 e. The first-order valence-electron chi connectivity index (χ1n) is 5.40. The van der Waals surface area contributed by atoms with E-state index >= 15 is 0 Å². The average molecular weight is 239 g/mol. The number of amides is 2. The summed E-state index contributed by atoms with van der Waals surface area (Å²) >= 11 is 0. The number of rotatable bonds is 3. The number of carboxylic acids is 1. The smallest absolute Gasteiger partial charge is 0.311 e. The molecule has 2 aliphatic heterocycles. The lowest BCUT2D eigenvalue weighted by molar-refractivity contribution is -0.158. The number of hydrogen-bond donors (Lipinski definition) is 1. The second kappa shape index (κ2) is 4.29. The number of carbonyl (C=O) groups excluding carboxylic acids is 2. The molecule has 0 aromatic heterocycles. The van der Waals surface area contributed by atoms with Crippen molar-refractivity contribution < 1.29 is 24.2 Å². The first-order chi connectivity index (χ1) is 8.05. The van der Waals surface area contributed by atoms with E-state index < -0.39 is 23.2 Å². The Balaban J connectivity index is 2.16. The number of ether oxygens (including phenoxy) is 1. The van der Waals surface area contributed by atoms with E-state index in [1.807, 2.05) is 0 Å². The van der Waals surface area contributed by atoms with Crippen LogP contribution in [0.4, 0.5) is 0 Å². The van der Waals surface area contributed by atoms with Crippen LogP contribution in [-0.2, 0) is 19.1 Å². The highest BCUT2D eigenvalue weighted by Crippen LogP contribution is 2.32. The second-order valence-corrected chi connectivity index (χ2v) is 4.29. The van der Waals surface area contributed by atoms with Gasteiger partial charge in [0.15, 0.2) is 0 Å². The van der Waals surface area contributed by atoms with Gasteiger partial charge in [-0.3, -0.25) is 19.3 Å². The summed E-state index contributed by atoms with van der Waals surface area (Å²) in [6, 6.07) is 0. The van der Waals surface area contributed by atoms with Crippen molar-refractivity contribution in [3.05, 3.63) is 12.2 Å². The molecule has 0 radical (unpaired) electrons. The van der Waals surface area contributed by atoms with Gasteiger partial charge in [-0.15, -0.1) is 0 Å². The van der Waals surface area contributed by atoms with E-state index in [4.69, 9.17) is 4.74 Å². The Morgan fingerprint density at radius 2 is 1.82 bits per heavy atom. The Morgan fingerprint density at radius 1 is 1.29 bits per heavy atom. The van der Waals surface area contributed by atoms with Crippen molar-refractivity contribution in [2.75, 3.05) is 19.8 Å². The molecule has 17 heavy (non-hydrogen) atoms. The summed E-state index contributed by atoms with van der Waals surface area (Å²) in [6.07, 6.45) is 2.97. The molecule has 0 atom stereocenters. The van der Waals surface area contributed by atoms with E-state index in [-0.39, 0.29) is 6.54 Å². The van der Waals surface area contributed by atoms with Crippen molar-refractivity contribution in [1.29, 1.82) is 0 Å². The van der Waals surface area contributed by atoms with Gasteiger partial charge in [0.1, 0.15) is 0 Å². The standard InChI is InChI=1S/C11H13NO5/c13-8-1-2-9(14)12(8)7-11(10(15)16)3-5-17-6-4-11/h1-2H,3-7H2,(H,15,16). The van der Waals surface area contributed by atoms with Gasteiger partial charge < -0.3 is 9.84 Å². The Labute approximate surface area is 97.8 Å². The fourth-order valence-corrected chi connectivity index (χ4v) is 2.09. The molecule has 1 N–H and O–H groups in total. The Morgan fingerprint density at radius 3 is 2.29 bits per heavy atom. The van der Waals surface area contributed by atoms with Crippen LogP contribution in [0, 0.1) is 5.41 Å². The van der Waals surface area contributed by atoms with Crippen LogP contribution in [0.15, 0.2) is 12.2 Å². The SMILES string of the molecule is O=C1C=CC(=O)N1CC1(C(=O)O)CCOCC1. The molecule has 1 saturated heterocycles. The van der Waals surface area contributed by atoms with Gasteiger partial charge in [0, 0.05) is 31.9 Å². The summed E-state index contributed by atoms with van der Waals surface area (Å²) in [5, 5.41) is 9.30. The molecule has 2 amide bonds. The summed E-state index contributed by atoms with van der Waals surface area (Å²) < 4.78 is 5.13. The lowest BCUT2D eigenvalue weighted by Gasteiger charge is -2.35. The van der Waals surface area contributed by atoms with Crippen molar-refractivity contribution in [1.82, 2.24) is 4.90 Å². The third-order valence-electron chi connectivity index (χ3n) is 3.26. The lowest BCUT2D eigenvalue weighted by Crippen LogP contribution is -2.48. The minimum atomic E-state index is -1.06. The molecule has 1 fully saturated rings. The fourth-order valence-electron chi connectivity index (χ4n) is 2.09. The van der Waals surface area contributed by atoms with Gasteiger partial charge in [-0.1, -0.05) is 0 Å². The van der Waals surface area contributed by atoms with E-state index in [2.05, 4.69) is 0 Å². The molecule has 0 aromatic carbocycles. The van der Waals surface area contributed by atoms with Crippen LogP contribution in [0.25, 0.3) is 0 Å². The lowest BCUT2D eigenvalue weighted by atomic mass is 9.79. The number of aliphatic carboxylic acids is 1. The molecule has 2 aliphatic rings. The van der Waals surface area contributed by atoms with E-state index in [0.717, 1.165) is 17.1 Å². The van der Waals surface area contributed by atoms with E-state index in [1.54, 1.807) is 0 Å². The van der Waals surface area contributed by atoms with Crippen LogP contribution in [0.5, 0.6) is 0 Å². The van der Waals surface area contributed by atoms with Crippen molar-refractivity contribution in [2.24, 2.45) is 5.41 Å². The summed E-state index contributed by atoms with van der Waals surface area (Å²) in [6.45, 7) is 0.613. The van der Waals surface area contributed by atoms with Crippen LogP contribution < -0.4 is 0 Å². The molecule has 0 aliphatic carbocycles. The third-order valence-corrected chi connectivity index (χ3v) is 3.26. The van der Waals surface area contributed by atoms with Gasteiger partial charge in [0.05, 0.1) is 5.41 Å². The predicted molar refractivity (Wildman–Crippen MR) is 56.0 cm³/mol. The van der Waals surface area contributed by atoms with E-state index in [0.29, 0.717) is 26.1 Å². The highest BCUT2D eigenvalue weighted by atomic mass is 16.5. The maximum Gasteiger partial charge on any atom is 0.311 e. The molecule has 2 heterocycles. The first-order valence-corrected chi connectivity index (χ1v) is 5.40. The Kier molecular flexibility index (Phi) is 2.97. The quantitative estimate of drug-likeness (QED) is 0.689. The molecule has 0 spiro atoms. The van der Waals surface area contributed by atoms with Crippen LogP contribution in [-0.4, -0.2) is 47.5 Å². The number of carbonyl (C=O) groups is 3. The maximum absolute atomic E-state index is 11.4. The Hall–Kier alpha value is -1.69. The molecule has 2 rings (SSSR count). The minimum absolute atomic E-state index is 0.0731. The molecule has 0 unspecified atom stereocenters. The number of nitrogens with zero attached hydrogens (tertiary/aromatic N) is 1. The predicted octanol–water partition coefficient (Wildman–Crippen LogP) is -0.207. The molecule has 6 nitrogen and oxygen atoms in total. The summed E-state index contributed by atoms with van der Waals surface area (Å²) in [7, 11) is 0. The summed E-state index contributed by atoms with van der Waals surface area (Å²) in [5.41, 5.74) is -1.06. The molecular weight excluding hydrogens is 226 g/mol. The topological polar surface area (TPSA) is 83.9 Å². The molecular formula is C11H13NO5. The van der Waals surface area contributed by atoms with Crippen LogP contribution in [0.3, 0.4) is 0 Å². The highest BCUT2D eigenvalue weighted by molar-refractivity contribution is 6.13. The minimum Gasteiger partial charge on any atom is -0.481 e. The highest BCUT2D eigenvalue weighted by Gasteiger charge is 2.44. The average Bonchev–Trinajstić information content (AvgIpc) is 2.62.